The van der Waals surface area contributed by atoms with E-state index in [-0.39, 0.29) is 16.5 Å². The first-order chi connectivity index (χ1) is 8.11. The Morgan fingerprint density at radius 2 is 2.00 bits per heavy atom. The van der Waals surface area contributed by atoms with Gasteiger partial charge in [0.05, 0.1) is 4.92 Å². The van der Waals surface area contributed by atoms with Gasteiger partial charge in [0.1, 0.15) is 6.33 Å². The monoisotopic (exact) mass is 249 g/mol. The number of aryl methyl sites for hydroxylation is 1. The lowest BCUT2D eigenvalue weighted by molar-refractivity contribution is -0.384. The SMILES string of the molecule is Cc1ccccc1-c1ncnc(Cl)c1[N+](=O)[O-]. The van der Waals surface area contributed by atoms with Gasteiger partial charge in [0.25, 0.3) is 0 Å². The Morgan fingerprint density at radius 1 is 1.29 bits per heavy atom. The zero-order valence-electron chi connectivity index (χ0n) is 8.92. The van der Waals surface area contributed by atoms with Gasteiger partial charge in [-0.3, -0.25) is 10.1 Å². The van der Waals surface area contributed by atoms with E-state index in [1.54, 1.807) is 12.1 Å². The summed E-state index contributed by atoms with van der Waals surface area (Å²) in [4.78, 5) is 18.0. The van der Waals surface area contributed by atoms with Gasteiger partial charge in [-0.25, -0.2) is 9.97 Å². The summed E-state index contributed by atoms with van der Waals surface area (Å²) in [5, 5.41) is 10.8. The third-order valence-electron chi connectivity index (χ3n) is 2.36. The molecule has 1 heterocycles. The lowest BCUT2D eigenvalue weighted by Gasteiger charge is -2.05. The Hall–Kier alpha value is -2.01. The molecule has 2 rings (SSSR count). The van der Waals surface area contributed by atoms with Gasteiger partial charge >= 0.3 is 5.69 Å². The van der Waals surface area contributed by atoms with Crippen molar-refractivity contribution in [1.82, 2.24) is 9.97 Å². The maximum absolute atomic E-state index is 11.0. The summed E-state index contributed by atoms with van der Waals surface area (Å²) in [6.45, 7) is 1.86. The van der Waals surface area contributed by atoms with E-state index in [9.17, 15) is 10.1 Å². The highest BCUT2D eigenvalue weighted by Gasteiger charge is 2.23. The first kappa shape index (κ1) is 11.5. The highest BCUT2D eigenvalue weighted by atomic mass is 35.5. The van der Waals surface area contributed by atoms with Crippen LogP contribution in [0.2, 0.25) is 5.15 Å². The van der Waals surface area contributed by atoms with Crippen LogP contribution >= 0.6 is 11.6 Å². The number of hydrogen-bond donors (Lipinski definition) is 0. The predicted octanol–water partition coefficient (Wildman–Crippen LogP) is 3.01. The van der Waals surface area contributed by atoms with Crippen molar-refractivity contribution in [2.45, 2.75) is 6.92 Å². The van der Waals surface area contributed by atoms with Gasteiger partial charge in [-0.15, -0.1) is 0 Å². The second-order valence-electron chi connectivity index (χ2n) is 3.43. The molecule has 2 aromatic rings. The normalized spacial score (nSPS) is 10.2. The maximum Gasteiger partial charge on any atom is 0.332 e. The van der Waals surface area contributed by atoms with Gasteiger partial charge in [-0.1, -0.05) is 35.9 Å². The number of aromatic nitrogens is 2. The van der Waals surface area contributed by atoms with Crippen LogP contribution in [0.25, 0.3) is 11.3 Å². The topological polar surface area (TPSA) is 68.9 Å². The predicted molar refractivity (Wildman–Crippen MR) is 63.9 cm³/mol. The zero-order chi connectivity index (χ0) is 12.4. The van der Waals surface area contributed by atoms with Crippen molar-refractivity contribution in [2.24, 2.45) is 0 Å². The molecule has 0 amide bonds. The number of halogens is 1. The van der Waals surface area contributed by atoms with Crippen molar-refractivity contribution >= 4 is 17.3 Å². The lowest BCUT2D eigenvalue weighted by Crippen LogP contribution is -1.98. The van der Waals surface area contributed by atoms with E-state index in [4.69, 9.17) is 11.6 Å². The average Bonchev–Trinajstić information content (AvgIpc) is 2.28. The minimum atomic E-state index is -0.565. The van der Waals surface area contributed by atoms with E-state index < -0.39 is 4.92 Å². The van der Waals surface area contributed by atoms with Gasteiger partial charge in [-0.05, 0) is 12.5 Å². The number of hydrogen-bond acceptors (Lipinski definition) is 4. The van der Waals surface area contributed by atoms with Crippen molar-refractivity contribution < 1.29 is 4.92 Å². The smallest absolute Gasteiger partial charge is 0.258 e. The molecular formula is C11H8ClN3O2. The van der Waals surface area contributed by atoms with E-state index >= 15 is 0 Å². The zero-order valence-corrected chi connectivity index (χ0v) is 9.68. The van der Waals surface area contributed by atoms with Crippen LogP contribution in [0.5, 0.6) is 0 Å². The van der Waals surface area contributed by atoms with Crippen molar-refractivity contribution in [3.8, 4) is 11.3 Å². The van der Waals surface area contributed by atoms with Crippen LogP contribution in [0.15, 0.2) is 30.6 Å². The molecule has 0 bridgehead atoms. The van der Waals surface area contributed by atoms with Crippen LogP contribution in [0.1, 0.15) is 5.56 Å². The molecule has 0 aliphatic heterocycles. The molecule has 17 heavy (non-hydrogen) atoms. The van der Waals surface area contributed by atoms with E-state index in [0.717, 1.165) is 5.56 Å². The van der Waals surface area contributed by atoms with Crippen molar-refractivity contribution in [3.63, 3.8) is 0 Å². The van der Waals surface area contributed by atoms with Crippen molar-refractivity contribution in [2.75, 3.05) is 0 Å². The molecule has 0 unspecified atom stereocenters. The van der Waals surface area contributed by atoms with E-state index in [1.165, 1.54) is 6.33 Å². The van der Waals surface area contributed by atoms with E-state index in [0.29, 0.717) is 5.56 Å². The minimum absolute atomic E-state index is 0.150. The fourth-order valence-electron chi connectivity index (χ4n) is 1.55. The first-order valence-corrected chi connectivity index (χ1v) is 5.20. The fourth-order valence-corrected chi connectivity index (χ4v) is 1.76. The highest BCUT2D eigenvalue weighted by molar-refractivity contribution is 6.31. The summed E-state index contributed by atoms with van der Waals surface area (Å²) in [6, 6.07) is 7.27. The summed E-state index contributed by atoms with van der Waals surface area (Å²) >= 11 is 5.73. The molecule has 5 nitrogen and oxygen atoms in total. The van der Waals surface area contributed by atoms with Gasteiger partial charge < -0.3 is 0 Å². The largest absolute Gasteiger partial charge is 0.332 e. The van der Waals surface area contributed by atoms with Crippen LogP contribution < -0.4 is 0 Å². The fraction of sp³-hybridized carbons (Fsp3) is 0.0909. The highest BCUT2D eigenvalue weighted by Crippen LogP contribution is 2.33. The molecule has 0 N–H and O–H groups in total. The number of rotatable bonds is 2. The molecule has 0 aliphatic carbocycles. The molecule has 1 aromatic heterocycles. The molecule has 0 fully saturated rings. The summed E-state index contributed by atoms with van der Waals surface area (Å²) in [6.07, 6.45) is 1.22. The minimum Gasteiger partial charge on any atom is -0.258 e. The first-order valence-electron chi connectivity index (χ1n) is 4.82. The van der Waals surface area contributed by atoms with Crippen molar-refractivity contribution in [3.05, 3.63) is 51.4 Å². The molecule has 0 saturated heterocycles. The molecule has 0 saturated carbocycles. The average molecular weight is 250 g/mol. The summed E-state index contributed by atoms with van der Waals surface area (Å²) in [5.74, 6) is 0. The third kappa shape index (κ3) is 2.09. The van der Waals surface area contributed by atoms with Gasteiger partial charge in [0, 0.05) is 5.56 Å². The van der Waals surface area contributed by atoms with Crippen LogP contribution in [0.4, 0.5) is 5.69 Å². The number of benzene rings is 1. The molecule has 0 atom stereocenters. The third-order valence-corrected chi connectivity index (χ3v) is 2.64. The number of nitrogens with zero attached hydrogens (tertiary/aromatic N) is 3. The van der Waals surface area contributed by atoms with E-state index in [2.05, 4.69) is 9.97 Å². The number of nitro groups is 1. The molecule has 0 spiro atoms. The van der Waals surface area contributed by atoms with Crippen LogP contribution in [-0.2, 0) is 0 Å². The maximum atomic E-state index is 11.0. The summed E-state index contributed by atoms with van der Waals surface area (Å²) in [7, 11) is 0. The van der Waals surface area contributed by atoms with Crippen molar-refractivity contribution in [1.29, 1.82) is 0 Å². The summed E-state index contributed by atoms with van der Waals surface area (Å²) in [5.41, 5.74) is 1.56. The quantitative estimate of drug-likeness (QED) is 0.466. The second-order valence-corrected chi connectivity index (χ2v) is 3.79. The molecule has 1 aromatic carbocycles. The Bertz CT molecular complexity index is 587. The Kier molecular flexibility index (Phi) is 3.01. The van der Waals surface area contributed by atoms with Crippen LogP contribution in [0, 0.1) is 17.0 Å². The standard InChI is InChI=1S/C11H8ClN3O2/c1-7-4-2-3-5-8(7)9-10(15(16)17)11(12)14-6-13-9/h2-6H,1H3. The summed E-state index contributed by atoms with van der Waals surface area (Å²) < 4.78 is 0. The van der Waals surface area contributed by atoms with E-state index in [1.807, 2.05) is 19.1 Å². The molecule has 86 valence electrons. The Labute approximate surface area is 102 Å². The Balaban J connectivity index is 2.72. The molecule has 6 heteroatoms. The lowest BCUT2D eigenvalue weighted by atomic mass is 10.0. The molecule has 0 radical (unpaired) electrons. The van der Waals surface area contributed by atoms with Crippen LogP contribution in [0.3, 0.4) is 0 Å². The molecular weight excluding hydrogens is 242 g/mol. The second kappa shape index (κ2) is 4.47. The van der Waals surface area contributed by atoms with Crippen LogP contribution in [-0.4, -0.2) is 14.9 Å². The molecule has 0 aliphatic rings. The Morgan fingerprint density at radius 3 is 2.65 bits per heavy atom. The van der Waals surface area contributed by atoms with Gasteiger partial charge in [0.15, 0.2) is 5.69 Å². The van der Waals surface area contributed by atoms with Gasteiger partial charge in [-0.2, -0.15) is 0 Å². The van der Waals surface area contributed by atoms with Gasteiger partial charge in [0.2, 0.25) is 5.15 Å².